The Kier molecular flexibility index (Phi) is 5.98. The van der Waals surface area contributed by atoms with Gasteiger partial charge in [0, 0.05) is 26.2 Å². The summed E-state index contributed by atoms with van der Waals surface area (Å²) in [4.78, 5) is 19.5. The molecule has 3 aromatic rings. The molecule has 7 nitrogen and oxygen atoms in total. The molecule has 3 heterocycles. The zero-order valence-corrected chi connectivity index (χ0v) is 20.0. The van der Waals surface area contributed by atoms with Gasteiger partial charge < -0.3 is 14.1 Å². The van der Waals surface area contributed by atoms with Gasteiger partial charge in [0.2, 0.25) is 0 Å². The van der Waals surface area contributed by atoms with Gasteiger partial charge in [0.1, 0.15) is 11.5 Å². The van der Waals surface area contributed by atoms with E-state index in [1.54, 1.807) is 13.4 Å². The molecule has 0 saturated heterocycles. The number of aliphatic imine (C=N–C) groups is 1. The fraction of sp³-hybridized carbons (Fsp3) is 0.192. The van der Waals surface area contributed by atoms with E-state index in [9.17, 15) is 4.79 Å². The summed E-state index contributed by atoms with van der Waals surface area (Å²) in [5, 5.41) is 6.57. The van der Waals surface area contributed by atoms with Crippen LogP contribution in [-0.2, 0) is 0 Å². The lowest BCUT2D eigenvalue weighted by Gasteiger charge is -2.24. The zero-order chi connectivity index (χ0) is 23.7. The van der Waals surface area contributed by atoms with Crippen molar-refractivity contribution in [2.24, 2.45) is 10.1 Å². The average molecular weight is 473 g/mol. The van der Waals surface area contributed by atoms with E-state index < -0.39 is 0 Å². The first-order chi connectivity index (χ1) is 16.5. The van der Waals surface area contributed by atoms with Crippen LogP contribution in [0.4, 0.5) is 10.5 Å². The van der Waals surface area contributed by atoms with Crippen molar-refractivity contribution in [2.75, 3.05) is 26.1 Å². The highest BCUT2D eigenvalue weighted by atomic mass is 32.2. The van der Waals surface area contributed by atoms with E-state index in [2.05, 4.69) is 34.2 Å². The van der Waals surface area contributed by atoms with Crippen LogP contribution in [-0.4, -0.2) is 43.0 Å². The lowest BCUT2D eigenvalue weighted by Crippen LogP contribution is -2.26. The minimum atomic E-state index is -0.261. The Morgan fingerprint density at radius 2 is 1.88 bits per heavy atom. The second kappa shape index (κ2) is 9.23. The number of ether oxygens (including phenoxy) is 1. The molecule has 0 fully saturated rings. The number of rotatable bonds is 5. The van der Waals surface area contributed by atoms with Gasteiger partial charge in [0.15, 0.2) is 5.84 Å². The summed E-state index contributed by atoms with van der Waals surface area (Å²) in [7, 11) is 5.68. The van der Waals surface area contributed by atoms with Gasteiger partial charge in [-0.15, -0.1) is 0 Å². The summed E-state index contributed by atoms with van der Waals surface area (Å²) in [6.45, 7) is 0. The Morgan fingerprint density at radius 3 is 2.53 bits per heavy atom. The minimum Gasteiger partial charge on any atom is -0.497 e. The van der Waals surface area contributed by atoms with Crippen molar-refractivity contribution < 1.29 is 13.9 Å². The maximum Gasteiger partial charge on any atom is 0.311 e. The predicted octanol–water partition coefficient (Wildman–Crippen LogP) is 5.81. The summed E-state index contributed by atoms with van der Waals surface area (Å²) < 4.78 is 10.8. The predicted molar refractivity (Wildman–Crippen MR) is 137 cm³/mol. The Hall–Kier alpha value is -3.78. The number of nitrogens with zero attached hydrogens (tertiary/aromatic N) is 4. The minimum absolute atomic E-state index is 0.0986. The number of furan rings is 1. The molecule has 1 aromatic heterocycles. The normalized spacial score (nSPS) is 18.9. The van der Waals surface area contributed by atoms with Crippen LogP contribution < -0.4 is 9.64 Å². The van der Waals surface area contributed by atoms with E-state index in [4.69, 9.17) is 14.3 Å². The van der Waals surface area contributed by atoms with Crippen LogP contribution in [0.1, 0.15) is 29.3 Å². The number of thioether (sulfide) groups is 1. The van der Waals surface area contributed by atoms with Crippen LogP contribution >= 0.6 is 11.8 Å². The average Bonchev–Trinajstić information content (AvgIpc) is 3.59. The molecule has 1 unspecified atom stereocenters. The molecule has 34 heavy (non-hydrogen) atoms. The van der Waals surface area contributed by atoms with Crippen LogP contribution in [0.25, 0.3) is 6.08 Å². The number of hydrogen-bond acceptors (Lipinski definition) is 7. The van der Waals surface area contributed by atoms with E-state index >= 15 is 0 Å². The van der Waals surface area contributed by atoms with Crippen LogP contribution in [0.5, 0.6) is 5.75 Å². The molecule has 2 aliphatic rings. The van der Waals surface area contributed by atoms with E-state index in [0.717, 1.165) is 44.9 Å². The van der Waals surface area contributed by atoms with Gasteiger partial charge in [-0.05, 0) is 77.5 Å². The van der Waals surface area contributed by atoms with Crippen LogP contribution in [0, 0.1) is 0 Å². The molecule has 5 rings (SSSR count). The van der Waals surface area contributed by atoms with Crippen molar-refractivity contribution in [2.45, 2.75) is 12.5 Å². The smallest absolute Gasteiger partial charge is 0.311 e. The third kappa shape index (κ3) is 4.36. The quantitative estimate of drug-likeness (QED) is 0.467. The topological polar surface area (TPSA) is 70.6 Å². The first-order valence-electron chi connectivity index (χ1n) is 10.9. The lowest BCUT2D eigenvalue weighted by molar-refractivity contribution is 0.267. The van der Waals surface area contributed by atoms with Gasteiger partial charge in [-0.25, -0.2) is 5.01 Å². The van der Waals surface area contributed by atoms with Gasteiger partial charge in [0.25, 0.3) is 0 Å². The molecular weight excluding hydrogens is 448 g/mol. The highest BCUT2D eigenvalue weighted by Gasteiger charge is 2.37. The number of benzene rings is 2. The summed E-state index contributed by atoms with van der Waals surface area (Å²) in [5.41, 5.74) is 4.15. The fourth-order valence-corrected chi connectivity index (χ4v) is 4.71. The molecule has 0 radical (unpaired) electrons. The third-order valence-electron chi connectivity index (χ3n) is 5.78. The Balaban J connectivity index is 1.54. The number of carbonyl (C=O) groups is 1. The maximum atomic E-state index is 12.3. The first-order valence-corrected chi connectivity index (χ1v) is 11.7. The van der Waals surface area contributed by atoms with Crippen molar-refractivity contribution >= 4 is 40.3 Å². The monoisotopic (exact) mass is 472 g/mol. The number of methoxy groups -OCH3 is 1. The van der Waals surface area contributed by atoms with Crippen molar-refractivity contribution in [3.8, 4) is 5.75 Å². The Labute approximate surface area is 202 Å². The number of anilines is 1. The van der Waals surface area contributed by atoms with Gasteiger partial charge in [0.05, 0.1) is 30.0 Å². The molecule has 0 saturated carbocycles. The molecule has 8 heteroatoms. The van der Waals surface area contributed by atoms with Gasteiger partial charge >= 0.3 is 5.24 Å². The number of amides is 1. The molecule has 2 aromatic carbocycles. The van der Waals surface area contributed by atoms with Crippen LogP contribution in [0.3, 0.4) is 0 Å². The molecule has 1 atom stereocenters. The number of hydrazone groups is 1. The van der Waals surface area contributed by atoms with E-state index in [0.29, 0.717) is 18.0 Å². The molecule has 0 bridgehead atoms. The molecule has 172 valence electrons. The zero-order valence-electron chi connectivity index (χ0n) is 19.1. The van der Waals surface area contributed by atoms with Crippen molar-refractivity contribution in [1.29, 1.82) is 0 Å². The van der Waals surface area contributed by atoms with Crippen LogP contribution in [0.2, 0.25) is 0 Å². The lowest BCUT2D eigenvalue weighted by atomic mass is 9.98. The summed E-state index contributed by atoms with van der Waals surface area (Å²) in [6.07, 6.45) is 4.12. The summed E-state index contributed by atoms with van der Waals surface area (Å²) in [5.74, 6) is 1.99. The molecule has 1 amide bonds. The summed E-state index contributed by atoms with van der Waals surface area (Å²) >= 11 is 1.09. The highest BCUT2D eigenvalue weighted by Crippen LogP contribution is 2.40. The third-order valence-corrected chi connectivity index (χ3v) is 6.56. The standard InChI is InChI=1S/C26H24N4O3S/c1-29(2)19-10-6-18(7-11-19)23-16-22(17-8-12-20(32-3)13-9-17)28-30(23)25-24(34-26(31)27-25)15-21-5-4-14-33-21/h4-15,23H,16H2,1-3H3/b24-15-. The van der Waals surface area contributed by atoms with Gasteiger partial charge in [-0.1, -0.05) is 12.1 Å². The van der Waals surface area contributed by atoms with E-state index in [1.165, 1.54) is 0 Å². The second-order valence-corrected chi connectivity index (χ2v) is 9.15. The largest absolute Gasteiger partial charge is 0.497 e. The molecule has 0 aliphatic carbocycles. The Bertz CT molecular complexity index is 1280. The van der Waals surface area contributed by atoms with Crippen molar-refractivity contribution in [1.82, 2.24) is 5.01 Å². The number of carbonyl (C=O) groups excluding carboxylic acids is 1. The molecule has 0 spiro atoms. The van der Waals surface area contributed by atoms with Crippen LogP contribution in [0.15, 0.2) is 86.3 Å². The maximum absolute atomic E-state index is 12.3. The summed E-state index contributed by atoms with van der Waals surface area (Å²) in [6, 6.07) is 19.8. The molecular formula is C26H24N4O3S. The highest BCUT2D eigenvalue weighted by molar-refractivity contribution is 8.18. The van der Waals surface area contributed by atoms with Crippen molar-refractivity contribution in [3.05, 3.63) is 88.7 Å². The number of hydrogen-bond donors (Lipinski definition) is 0. The van der Waals surface area contributed by atoms with E-state index in [-0.39, 0.29) is 11.3 Å². The molecule has 0 N–H and O–H groups in total. The Morgan fingerprint density at radius 1 is 1.12 bits per heavy atom. The van der Waals surface area contributed by atoms with Crippen molar-refractivity contribution in [3.63, 3.8) is 0 Å². The molecule has 2 aliphatic heterocycles. The SMILES string of the molecule is COc1ccc(C2=NN(C3=NC(=O)S/C3=C\c3ccco3)C(c3ccc(N(C)C)cc3)C2)cc1. The number of amidine groups is 1. The van der Waals surface area contributed by atoms with Gasteiger partial charge in [-0.2, -0.15) is 10.1 Å². The first kappa shape index (κ1) is 22.0. The van der Waals surface area contributed by atoms with Gasteiger partial charge in [-0.3, -0.25) is 4.79 Å². The van der Waals surface area contributed by atoms with E-state index in [1.807, 2.05) is 61.6 Å². The fourth-order valence-electron chi connectivity index (χ4n) is 3.98. The second-order valence-electron chi connectivity index (χ2n) is 8.15.